The maximum absolute atomic E-state index is 9.65. The van der Waals surface area contributed by atoms with Gasteiger partial charge in [0.2, 0.25) is 0 Å². The van der Waals surface area contributed by atoms with Gasteiger partial charge in [0.1, 0.15) is 0 Å². The molecular weight excluding hydrogens is 294 g/mol. The summed E-state index contributed by atoms with van der Waals surface area (Å²) in [7, 11) is 0. The molecule has 0 aromatic carbocycles. The average molecular weight is 306 g/mol. The van der Waals surface area contributed by atoms with Gasteiger partial charge < -0.3 is 31.3 Å². The minimum atomic E-state index is -1.25. The first-order valence-corrected chi connectivity index (χ1v) is 4.77. The molecule has 6 nitrogen and oxygen atoms in total. The first-order valence-electron chi connectivity index (χ1n) is 3.51. The van der Waals surface area contributed by atoms with Crippen LogP contribution < -0.4 is 21.7 Å². The van der Waals surface area contributed by atoms with Crippen LogP contribution in [-0.4, -0.2) is 35.5 Å². The van der Waals surface area contributed by atoms with Crippen molar-refractivity contribution >= 4 is 37.2 Å². The van der Waals surface area contributed by atoms with Gasteiger partial charge in [-0.15, -0.1) is 0 Å². The summed E-state index contributed by atoms with van der Waals surface area (Å²) in [4.78, 5) is 19.3. The van der Waals surface area contributed by atoms with E-state index in [0.717, 1.165) is 0 Å². The van der Waals surface area contributed by atoms with Crippen LogP contribution in [0, 0.1) is 0 Å². The fraction of sp³-hybridized carbons (Fsp3) is 0.667. The molecule has 2 atom stereocenters. The minimum Gasteiger partial charge on any atom is -0.548 e. The third-order valence-corrected chi connectivity index (χ3v) is 1.79. The summed E-state index contributed by atoms with van der Waals surface area (Å²) in [5.74, 6) is -2.25. The Bertz CT molecular complexity index is 176. The maximum atomic E-state index is 9.65. The molecule has 0 bridgehead atoms. The molecule has 4 N–H and O–H groups in total. The molecule has 2 unspecified atom stereocenters. The normalized spacial score (nSPS) is 12.5. The van der Waals surface area contributed by atoms with Crippen molar-refractivity contribution in [2.24, 2.45) is 11.5 Å². The molecular formula is C6H12N2O4S2Zn. The second-order valence-electron chi connectivity index (χ2n) is 2.22. The van der Waals surface area contributed by atoms with E-state index in [9.17, 15) is 19.8 Å². The second-order valence-corrected chi connectivity index (χ2v) is 2.95. The Morgan fingerprint density at radius 2 is 1.20 bits per heavy atom. The summed E-state index contributed by atoms with van der Waals surface area (Å²) in [6.07, 6.45) is 0. The number of nitrogens with two attached hydrogens (primary N) is 2. The van der Waals surface area contributed by atoms with E-state index < -0.39 is 24.0 Å². The Hall–Kier alpha value is 0.183. The van der Waals surface area contributed by atoms with E-state index in [-0.39, 0.29) is 31.0 Å². The first-order chi connectivity index (χ1) is 6.36. The fourth-order valence-corrected chi connectivity index (χ4v) is 0.447. The molecule has 0 spiro atoms. The van der Waals surface area contributed by atoms with Crippen LogP contribution in [0.25, 0.3) is 0 Å². The van der Waals surface area contributed by atoms with Gasteiger partial charge in [0.25, 0.3) is 0 Å². The molecule has 0 aliphatic carbocycles. The number of carbonyl (C=O) groups excluding carboxylic acids is 2. The van der Waals surface area contributed by atoms with Crippen molar-refractivity contribution in [3.8, 4) is 0 Å². The minimum absolute atomic E-state index is 0. The van der Waals surface area contributed by atoms with E-state index >= 15 is 0 Å². The fourth-order valence-electron chi connectivity index (χ4n) is 0.149. The number of aliphatic carboxylic acids is 2. The summed E-state index contributed by atoms with van der Waals surface area (Å²) in [6, 6.07) is -1.85. The average Bonchev–Trinajstić information content (AvgIpc) is 2.15. The zero-order valence-electron chi connectivity index (χ0n) is 7.96. The molecule has 0 fully saturated rings. The molecule has 0 rings (SSSR count). The van der Waals surface area contributed by atoms with Crippen molar-refractivity contribution in [2.75, 3.05) is 11.5 Å². The van der Waals surface area contributed by atoms with Crippen LogP contribution in [-0.2, 0) is 29.1 Å². The SMILES string of the molecule is NC(CS)C(=O)[O-].NC(CS)C(=O)[O-].[Zn+2]. The zero-order valence-corrected chi connectivity index (χ0v) is 12.7. The summed E-state index contributed by atoms with van der Waals surface area (Å²) in [6.45, 7) is 0. The Morgan fingerprint density at radius 1 is 1.00 bits per heavy atom. The van der Waals surface area contributed by atoms with Crippen LogP contribution in [0.3, 0.4) is 0 Å². The number of rotatable bonds is 4. The zero-order chi connectivity index (χ0) is 11.7. The van der Waals surface area contributed by atoms with Crippen molar-refractivity contribution in [1.29, 1.82) is 0 Å². The number of carbonyl (C=O) groups is 2. The van der Waals surface area contributed by atoms with E-state index in [1.807, 2.05) is 0 Å². The molecule has 0 aliphatic rings. The van der Waals surface area contributed by atoms with Gasteiger partial charge in [-0.25, -0.2) is 0 Å². The van der Waals surface area contributed by atoms with Crippen LogP contribution in [0.4, 0.5) is 0 Å². The van der Waals surface area contributed by atoms with Gasteiger partial charge in [-0.05, 0) is 0 Å². The summed E-state index contributed by atoms with van der Waals surface area (Å²) >= 11 is 7.22. The molecule has 0 heterocycles. The van der Waals surface area contributed by atoms with Gasteiger partial charge in [-0.1, -0.05) is 0 Å². The summed E-state index contributed by atoms with van der Waals surface area (Å²) in [5, 5.41) is 19.3. The van der Waals surface area contributed by atoms with Crippen LogP contribution in [0.2, 0.25) is 0 Å². The number of thiol groups is 2. The van der Waals surface area contributed by atoms with Gasteiger partial charge in [0, 0.05) is 11.5 Å². The van der Waals surface area contributed by atoms with E-state index in [1.165, 1.54) is 0 Å². The number of carboxylic acid groups (broad SMARTS) is 2. The predicted octanol–water partition coefficient (Wildman–Crippen LogP) is -4.02. The van der Waals surface area contributed by atoms with Crippen molar-refractivity contribution in [3.63, 3.8) is 0 Å². The second kappa shape index (κ2) is 12.3. The van der Waals surface area contributed by atoms with Crippen molar-refractivity contribution in [3.05, 3.63) is 0 Å². The molecule has 15 heavy (non-hydrogen) atoms. The monoisotopic (exact) mass is 304 g/mol. The third kappa shape index (κ3) is 14.2. The Kier molecular flexibility index (Phi) is 16.8. The topological polar surface area (TPSA) is 132 Å². The quantitative estimate of drug-likeness (QED) is 0.309. The molecule has 0 aromatic heterocycles. The smallest absolute Gasteiger partial charge is 0.548 e. The first kappa shape index (κ1) is 20.6. The number of hydrogen-bond donors (Lipinski definition) is 4. The Morgan fingerprint density at radius 3 is 1.20 bits per heavy atom. The maximum Gasteiger partial charge on any atom is 2.00 e. The van der Waals surface area contributed by atoms with E-state index in [4.69, 9.17) is 11.5 Å². The standard InChI is InChI=1S/2C3H7NO2S.Zn/c2*4-2(1-7)3(5)6;/h2*2,7H,1,4H2,(H,5,6);/q;;+2/p-2. The molecule has 84 valence electrons. The molecule has 0 saturated carbocycles. The van der Waals surface area contributed by atoms with Gasteiger partial charge >= 0.3 is 19.5 Å². The Balaban J connectivity index is -0.000000180. The number of hydrogen-bond acceptors (Lipinski definition) is 8. The third-order valence-electron chi connectivity index (χ3n) is 0.999. The van der Waals surface area contributed by atoms with Crippen LogP contribution >= 0.6 is 25.3 Å². The molecule has 0 radical (unpaired) electrons. The van der Waals surface area contributed by atoms with Crippen LogP contribution in [0.1, 0.15) is 0 Å². The molecule has 9 heteroatoms. The number of carboxylic acids is 2. The Labute approximate surface area is 111 Å². The van der Waals surface area contributed by atoms with Gasteiger partial charge in [-0.3, -0.25) is 0 Å². The van der Waals surface area contributed by atoms with Gasteiger partial charge in [-0.2, -0.15) is 25.3 Å². The van der Waals surface area contributed by atoms with Crippen LogP contribution in [0.15, 0.2) is 0 Å². The molecule has 0 saturated heterocycles. The molecule has 0 aromatic rings. The van der Waals surface area contributed by atoms with Crippen molar-refractivity contribution in [1.82, 2.24) is 0 Å². The molecule has 0 amide bonds. The van der Waals surface area contributed by atoms with Crippen molar-refractivity contribution < 1.29 is 39.3 Å². The van der Waals surface area contributed by atoms with Crippen LogP contribution in [0.5, 0.6) is 0 Å². The van der Waals surface area contributed by atoms with Gasteiger partial charge in [0.05, 0.1) is 24.0 Å². The van der Waals surface area contributed by atoms with Gasteiger partial charge in [0.15, 0.2) is 0 Å². The summed E-state index contributed by atoms with van der Waals surface area (Å²) < 4.78 is 0. The van der Waals surface area contributed by atoms with E-state index in [1.54, 1.807) is 0 Å². The largest absolute Gasteiger partial charge is 2.00 e. The van der Waals surface area contributed by atoms with Crippen molar-refractivity contribution in [2.45, 2.75) is 12.1 Å². The molecule has 0 aliphatic heterocycles. The van der Waals surface area contributed by atoms with E-state index in [0.29, 0.717) is 0 Å². The van der Waals surface area contributed by atoms with E-state index in [2.05, 4.69) is 25.3 Å². The summed E-state index contributed by atoms with van der Waals surface area (Å²) in [5.41, 5.74) is 9.75. The predicted molar refractivity (Wildman–Crippen MR) is 53.7 cm³/mol.